The highest BCUT2D eigenvalue weighted by Crippen LogP contribution is 2.33. The van der Waals surface area contributed by atoms with Crippen molar-refractivity contribution < 1.29 is 35.8 Å². The molecule has 1 heterocycles. The third-order valence-corrected chi connectivity index (χ3v) is 9.30. The lowest BCUT2D eigenvalue weighted by atomic mass is 9.96. The third-order valence-electron chi connectivity index (χ3n) is 5.98. The molecule has 1 fully saturated rings. The molecule has 3 rings (SSSR count). The van der Waals surface area contributed by atoms with Gasteiger partial charge in [0.15, 0.2) is 23.0 Å². The second-order valence-corrected chi connectivity index (χ2v) is 11.8. The van der Waals surface area contributed by atoms with Crippen LogP contribution < -0.4 is 23.7 Å². The number of nitrogens with one attached hydrogen (secondary N) is 1. The molecule has 1 atom stereocenters. The maximum Gasteiger partial charge on any atom is 0.243 e. The summed E-state index contributed by atoms with van der Waals surface area (Å²) in [5.41, 5.74) is 0. The van der Waals surface area contributed by atoms with Crippen molar-refractivity contribution in [2.24, 2.45) is 5.92 Å². The van der Waals surface area contributed by atoms with Gasteiger partial charge in [-0.05, 0) is 49.4 Å². The van der Waals surface area contributed by atoms with Crippen molar-refractivity contribution in [3.63, 3.8) is 0 Å². The van der Waals surface area contributed by atoms with Crippen LogP contribution in [0.1, 0.15) is 19.3 Å². The summed E-state index contributed by atoms with van der Waals surface area (Å²) in [6.07, 6.45) is 2.01. The second kappa shape index (κ2) is 11.5. The van der Waals surface area contributed by atoms with Crippen molar-refractivity contribution >= 4 is 20.0 Å². The van der Waals surface area contributed by atoms with Gasteiger partial charge in [-0.3, -0.25) is 0 Å². The van der Waals surface area contributed by atoms with Gasteiger partial charge in [-0.1, -0.05) is 0 Å². The van der Waals surface area contributed by atoms with Crippen molar-refractivity contribution in [3.05, 3.63) is 36.4 Å². The average Bonchev–Trinajstić information content (AvgIpc) is 2.87. The van der Waals surface area contributed by atoms with Gasteiger partial charge < -0.3 is 18.9 Å². The Bertz CT molecular complexity index is 1230. The van der Waals surface area contributed by atoms with Gasteiger partial charge in [0.2, 0.25) is 20.0 Å². The van der Waals surface area contributed by atoms with Gasteiger partial charge in [0, 0.05) is 31.8 Å². The number of nitrogens with zero attached hydrogens (tertiary/aromatic N) is 1. The zero-order valence-corrected chi connectivity index (χ0v) is 21.9. The Balaban J connectivity index is 1.64. The number of sulfonamides is 2. The zero-order valence-electron chi connectivity index (χ0n) is 20.3. The molecule has 1 aliphatic heterocycles. The second-order valence-electron chi connectivity index (χ2n) is 8.09. The lowest BCUT2D eigenvalue weighted by Crippen LogP contribution is -2.40. The zero-order chi connectivity index (χ0) is 25.6. The van der Waals surface area contributed by atoms with Gasteiger partial charge in [-0.25, -0.2) is 21.6 Å². The summed E-state index contributed by atoms with van der Waals surface area (Å²) < 4.78 is 76.7. The minimum atomic E-state index is -3.76. The van der Waals surface area contributed by atoms with Crippen LogP contribution in [-0.4, -0.2) is 69.2 Å². The van der Waals surface area contributed by atoms with Gasteiger partial charge in [-0.2, -0.15) is 4.31 Å². The molecule has 194 valence electrons. The van der Waals surface area contributed by atoms with E-state index >= 15 is 0 Å². The summed E-state index contributed by atoms with van der Waals surface area (Å²) >= 11 is 0. The lowest BCUT2D eigenvalue weighted by Gasteiger charge is -2.32. The molecular formula is C23H32N2O8S2. The lowest BCUT2D eigenvalue weighted by molar-refractivity contribution is 0.256. The smallest absolute Gasteiger partial charge is 0.243 e. The van der Waals surface area contributed by atoms with Crippen LogP contribution in [0.15, 0.2) is 46.2 Å². The average molecular weight is 529 g/mol. The molecule has 10 nitrogen and oxygen atoms in total. The first kappa shape index (κ1) is 27.1. The SMILES string of the molecule is COc1ccc(S(=O)(=O)NCCC2CCCN(S(=O)(=O)c3ccc(OC)c(OC)c3)C2)cc1OC. The molecule has 0 spiro atoms. The molecule has 0 saturated carbocycles. The standard InChI is InChI=1S/C23H32N2O8S2/c1-30-20-9-7-18(14-22(20)32-3)34(26,27)24-12-11-17-6-5-13-25(16-17)35(28,29)19-8-10-21(31-2)23(15-19)33-4/h7-10,14-15,17,24H,5-6,11-13,16H2,1-4H3. The topological polar surface area (TPSA) is 120 Å². The summed E-state index contributed by atoms with van der Waals surface area (Å²) in [5.74, 6) is 1.56. The fourth-order valence-electron chi connectivity index (χ4n) is 4.07. The first-order valence-electron chi connectivity index (χ1n) is 11.1. The van der Waals surface area contributed by atoms with E-state index in [1.807, 2.05) is 0 Å². The van der Waals surface area contributed by atoms with E-state index in [9.17, 15) is 16.8 Å². The predicted molar refractivity (Wildman–Crippen MR) is 130 cm³/mol. The first-order chi connectivity index (χ1) is 16.7. The molecule has 1 saturated heterocycles. The molecule has 0 bridgehead atoms. The van der Waals surface area contributed by atoms with Gasteiger partial charge >= 0.3 is 0 Å². The molecule has 35 heavy (non-hydrogen) atoms. The summed E-state index contributed by atoms with van der Waals surface area (Å²) in [5, 5.41) is 0. The minimum Gasteiger partial charge on any atom is -0.493 e. The fraction of sp³-hybridized carbons (Fsp3) is 0.478. The quantitative estimate of drug-likeness (QED) is 0.472. The first-order valence-corrected chi connectivity index (χ1v) is 14.0. The van der Waals surface area contributed by atoms with Gasteiger partial charge in [-0.15, -0.1) is 0 Å². The predicted octanol–water partition coefficient (Wildman–Crippen LogP) is 2.49. The van der Waals surface area contributed by atoms with E-state index in [-0.39, 0.29) is 22.3 Å². The van der Waals surface area contributed by atoms with Gasteiger partial charge in [0.1, 0.15) is 0 Å². The maximum absolute atomic E-state index is 13.2. The Morgan fingerprint density at radius 3 is 1.94 bits per heavy atom. The number of methoxy groups -OCH3 is 4. The van der Waals surface area contributed by atoms with Crippen LogP contribution in [0.25, 0.3) is 0 Å². The molecule has 1 N–H and O–H groups in total. The van der Waals surface area contributed by atoms with Crippen LogP contribution in [-0.2, 0) is 20.0 Å². The highest BCUT2D eigenvalue weighted by atomic mass is 32.2. The minimum absolute atomic E-state index is 0.0202. The van der Waals surface area contributed by atoms with E-state index in [1.54, 1.807) is 6.07 Å². The third kappa shape index (κ3) is 6.18. The van der Waals surface area contributed by atoms with E-state index in [0.29, 0.717) is 48.9 Å². The normalized spacial score (nSPS) is 17.1. The molecule has 2 aromatic rings. The number of piperidine rings is 1. The number of hydrogen-bond acceptors (Lipinski definition) is 8. The molecule has 2 aromatic carbocycles. The monoisotopic (exact) mass is 528 g/mol. The van der Waals surface area contributed by atoms with Crippen LogP contribution in [0.4, 0.5) is 0 Å². The van der Waals surface area contributed by atoms with Crippen molar-refractivity contribution in [1.29, 1.82) is 0 Å². The number of rotatable bonds is 11. The van der Waals surface area contributed by atoms with E-state index in [2.05, 4.69) is 4.72 Å². The van der Waals surface area contributed by atoms with Crippen molar-refractivity contribution in [1.82, 2.24) is 9.03 Å². The maximum atomic E-state index is 13.2. The van der Waals surface area contributed by atoms with Crippen LogP contribution in [0, 0.1) is 5.92 Å². The van der Waals surface area contributed by atoms with E-state index in [1.165, 1.54) is 63.1 Å². The van der Waals surface area contributed by atoms with Crippen LogP contribution in [0.3, 0.4) is 0 Å². The van der Waals surface area contributed by atoms with Crippen LogP contribution in [0.2, 0.25) is 0 Å². The highest BCUT2D eigenvalue weighted by molar-refractivity contribution is 7.89. The molecule has 0 radical (unpaired) electrons. The number of hydrogen-bond donors (Lipinski definition) is 1. The van der Waals surface area contributed by atoms with E-state index in [4.69, 9.17) is 18.9 Å². The van der Waals surface area contributed by atoms with Gasteiger partial charge in [0.05, 0.1) is 38.2 Å². The van der Waals surface area contributed by atoms with Crippen molar-refractivity contribution in [2.75, 3.05) is 48.1 Å². The van der Waals surface area contributed by atoms with Crippen LogP contribution in [0.5, 0.6) is 23.0 Å². The largest absolute Gasteiger partial charge is 0.493 e. The Labute approximate surface area is 207 Å². The fourth-order valence-corrected chi connectivity index (χ4v) is 6.70. The van der Waals surface area contributed by atoms with Crippen LogP contribution >= 0.6 is 0 Å². The summed E-state index contributed by atoms with van der Waals surface area (Å²) in [6.45, 7) is 0.908. The summed E-state index contributed by atoms with van der Waals surface area (Å²) in [7, 11) is -1.64. The Morgan fingerprint density at radius 2 is 1.37 bits per heavy atom. The summed E-state index contributed by atoms with van der Waals surface area (Å²) in [6, 6.07) is 8.90. The molecule has 12 heteroatoms. The Hall–Kier alpha value is -2.54. The number of benzene rings is 2. The summed E-state index contributed by atoms with van der Waals surface area (Å²) in [4.78, 5) is 0.196. The van der Waals surface area contributed by atoms with E-state index < -0.39 is 20.0 Å². The molecule has 0 amide bonds. The molecule has 0 aliphatic carbocycles. The molecule has 1 aliphatic rings. The Morgan fingerprint density at radius 1 is 0.829 bits per heavy atom. The van der Waals surface area contributed by atoms with Crippen molar-refractivity contribution in [3.8, 4) is 23.0 Å². The molecule has 0 aromatic heterocycles. The highest BCUT2D eigenvalue weighted by Gasteiger charge is 2.31. The van der Waals surface area contributed by atoms with Crippen molar-refractivity contribution in [2.45, 2.75) is 29.1 Å². The molecule has 1 unspecified atom stereocenters. The number of ether oxygens (including phenoxy) is 4. The van der Waals surface area contributed by atoms with E-state index in [0.717, 1.165) is 6.42 Å². The Kier molecular flexibility index (Phi) is 8.86. The van der Waals surface area contributed by atoms with Gasteiger partial charge in [0.25, 0.3) is 0 Å². The molecular weight excluding hydrogens is 496 g/mol.